The maximum Gasteiger partial charge on any atom is 0.387 e. The minimum atomic E-state index is -2.94. The van der Waals surface area contributed by atoms with E-state index in [9.17, 15) is 18.4 Å². The molecule has 0 aliphatic carbocycles. The summed E-state index contributed by atoms with van der Waals surface area (Å²) in [5.74, 6) is -1.44. The summed E-state index contributed by atoms with van der Waals surface area (Å²) >= 11 is 0. The number of ketones is 2. The third-order valence-corrected chi connectivity index (χ3v) is 3.35. The number of hydrogen-bond donors (Lipinski definition) is 0. The van der Waals surface area contributed by atoms with Crippen LogP contribution in [0, 0.1) is 0 Å². The zero-order chi connectivity index (χ0) is 17.0. The van der Waals surface area contributed by atoms with Gasteiger partial charge in [0.2, 0.25) is 11.6 Å². The fraction of sp³-hybridized carbons (Fsp3) is 0.222. The van der Waals surface area contributed by atoms with E-state index in [2.05, 4.69) is 4.74 Å². The van der Waals surface area contributed by atoms with Gasteiger partial charge < -0.3 is 4.74 Å². The van der Waals surface area contributed by atoms with Crippen molar-refractivity contribution in [3.05, 3.63) is 65.2 Å². The first-order valence-electron chi connectivity index (χ1n) is 7.13. The molecule has 0 aliphatic heterocycles. The second-order valence-corrected chi connectivity index (χ2v) is 5.31. The highest BCUT2D eigenvalue weighted by molar-refractivity contribution is 6.49. The Bertz CT molecular complexity index is 709. The van der Waals surface area contributed by atoms with E-state index in [1.165, 1.54) is 18.2 Å². The SMILES string of the molecule is CC(C)c1cc(C(=O)C(=O)c2ccccc2)ccc1OC(F)F. The smallest absolute Gasteiger partial charge is 0.387 e. The molecule has 0 N–H and O–H groups in total. The van der Waals surface area contributed by atoms with Crippen molar-refractivity contribution in [1.29, 1.82) is 0 Å². The molecule has 3 nitrogen and oxygen atoms in total. The number of alkyl halides is 2. The topological polar surface area (TPSA) is 43.4 Å². The highest BCUT2D eigenvalue weighted by Gasteiger charge is 2.21. The lowest BCUT2D eigenvalue weighted by Gasteiger charge is -2.14. The van der Waals surface area contributed by atoms with Gasteiger partial charge in [0.25, 0.3) is 0 Å². The predicted molar refractivity (Wildman–Crippen MR) is 82.3 cm³/mol. The number of carbonyl (C=O) groups excluding carboxylic acids is 2. The van der Waals surface area contributed by atoms with E-state index in [4.69, 9.17) is 0 Å². The molecule has 2 aromatic rings. The Labute approximate surface area is 132 Å². The van der Waals surface area contributed by atoms with Crippen molar-refractivity contribution in [2.45, 2.75) is 26.4 Å². The van der Waals surface area contributed by atoms with Crippen LogP contribution in [0.25, 0.3) is 0 Å². The van der Waals surface area contributed by atoms with Crippen LogP contribution in [-0.4, -0.2) is 18.2 Å². The molecule has 120 valence electrons. The van der Waals surface area contributed by atoms with Crippen LogP contribution in [0.4, 0.5) is 8.78 Å². The van der Waals surface area contributed by atoms with Crippen molar-refractivity contribution in [1.82, 2.24) is 0 Å². The van der Waals surface area contributed by atoms with E-state index in [0.29, 0.717) is 5.56 Å². The van der Waals surface area contributed by atoms with Crippen molar-refractivity contribution in [3.8, 4) is 5.75 Å². The van der Waals surface area contributed by atoms with Gasteiger partial charge in [-0.05, 0) is 29.7 Å². The van der Waals surface area contributed by atoms with Gasteiger partial charge in [-0.1, -0.05) is 44.2 Å². The first-order valence-corrected chi connectivity index (χ1v) is 7.13. The highest BCUT2D eigenvalue weighted by Crippen LogP contribution is 2.29. The second-order valence-electron chi connectivity index (χ2n) is 5.31. The van der Waals surface area contributed by atoms with E-state index in [0.717, 1.165) is 0 Å². The number of benzene rings is 2. The van der Waals surface area contributed by atoms with Crippen molar-refractivity contribution in [3.63, 3.8) is 0 Å². The standard InChI is InChI=1S/C18H16F2O3/c1-11(2)14-10-13(8-9-15(14)23-18(19)20)17(22)16(21)12-6-4-3-5-7-12/h3-11,18H,1-2H3. The molecule has 23 heavy (non-hydrogen) atoms. The summed E-state index contributed by atoms with van der Waals surface area (Å²) in [5, 5.41) is 0. The Morgan fingerprint density at radius 2 is 1.52 bits per heavy atom. The molecule has 2 aromatic carbocycles. The zero-order valence-electron chi connectivity index (χ0n) is 12.8. The fourth-order valence-electron chi connectivity index (χ4n) is 2.20. The van der Waals surface area contributed by atoms with E-state index in [1.807, 2.05) is 0 Å². The molecule has 0 saturated carbocycles. The number of hydrogen-bond acceptors (Lipinski definition) is 3. The summed E-state index contributed by atoms with van der Waals surface area (Å²) < 4.78 is 29.3. The summed E-state index contributed by atoms with van der Waals surface area (Å²) in [7, 11) is 0. The lowest BCUT2D eigenvalue weighted by atomic mass is 9.95. The lowest BCUT2D eigenvalue weighted by molar-refractivity contribution is -0.0505. The molecular weight excluding hydrogens is 302 g/mol. The minimum Gasteiger partial charge on any atom is -0.435 e. The molecule has 0 spiro atoms. The molecule has 0 fully saturated rings. The monoisotopic (exact) mass is 318 g/mol. The van der Waals surface area contributed by atoms with Gasteiger partial charge in [0.1, 0.15) is 5.75 Å². The third kappa shape index (κ3) is 4.00. The molecule has 2 rings (SSSR count). The van der Waals surface area contributed by atoms with Gasteiger partial charge in [0.15, 0.2) is 0 Å². The van der Waals surface area contributed by atoms with E-state index in [-0.39, 0.29) is 22.8 Å². The zero-order valence-corrected chi connectivity index (χ0v) is 12.8. The number of carbonyl (C=O) groups is 2. The van der Waals surface area contributed by atoms with Crippen molar-refractivity contribution < 1.29 is 23.1 Å². The van der Waals surface area contributed by atoms with Crippen LogP contribution in [0.3, 0.4) is 0 Å². The van der Waals surface area contributed by atoms with Crippen LogP contribution in [0.5, 0.6) is 5.75 Å². The van der Waals surface area contributed by atoms with E-state index >= 15 is 0 Å². The van der Waals surface area contributed by atoms with Crippen LogP contribution in [0.15, 0.2) is 48.5 Å². The third-order valence-electron chi connectivity index (χ3n) is 3.35. The molecule has 0 radical (unpaired) electrons. The molecule has 0 aliphatic rings. The summed E-state index contributed by atoms with van der Waals surface area (Å²) in [6, 6.07) is 12.2. The van der Waals surface area contributed by atoms with Gasteiger partial charge in [-0.3, -0.25) is 9.59 Å². The molecule has 5 heteroatoms. The fourth-order valence-corrected chi connectivity index (χ4v) is 2.20. The summed E-state index contributed by atoms with van der Waals surface area (Å²) in [6.45, 7) is 0.641. The average Bonchev–Trinajstić information content (AvgIpc) is 2.54. The van der Waals surface area contributed by atoms with Crippen LogP contribution < -0.4 is 4.74 Å². The Kier molecular flexibility index (Phi) is 5.21. The van der Waals surface area contributed by atoms with Crippen LogP contribution in [-0.2, 0) is 0 Å². The first kappa shape index (κ1) is 16.8. The van der Waals surface area contributed by atoms with Crippen molar-refractivity contribution >= 4 is 11.6 Å². The van der Waals surface area contributed by atoms with Crippen LogP contribution in [0.2, 0.25) is 0 Å². The first-order chi connectivity index (χ1) is 10.9. The maximum absolute atomic E-state index is 12.4. The second kappa shape index (κ2) is 7.13. The van der Waals surface area contributed by atoms with Gasteiger partial charge in [0, 0.05) is 11.1 Å². The van der Waals surface area contributed by atoms with Gasteiger partial charge in [-0.2, -0.15) is 8.78 Å². The quantitative estimate of drug-likeness (QED) is 0.583. The Hall–Kier alpha value is -2.56. The molecule has 0 heterocycles. The maximum atomic E-state index is 12.4. The lowest BCUT2D eigenvalue weighted by Crippen LogP contribution is -2.15. The van der Waals surface area contributed by atoms with Gasteiger partial charge >= 0.3 is 6.61 Å². The number of Topliss-reactive ketones (excluding diaryl/α,β-unsaturated/α-hetero) is 2. The predicted octanol–water partition coefficient (Wildman–Crippen LogP) is 4.48. The van der Waals surface area contributed by atoms with Crippen LogP contribution in [0.1, 0.15) is 46.0 Å². The highest BCUT2D eigenvalue weighted by atomic mass is 19.3. The van der Waals surface area contributed by atoms with Crippen molar-refractivity contribution in [2.75, 3.05) is 0 Å². The molecule has 0 aromatic heterocycles. The Morgan fingerprint density at radius 1 is 0.913 bits per heavy atom. The molecule has 0 bridgehead atoms. The average molecular weight is 318 g/mol. The Balaban J connectivity index is 2.34. The van der Waals surface area contributed by atoms with E-state index < -0.39 is 18.2 Å². The molecule has 0 saturated heterocycles. The summed E-state index contributed by atoms with van der Waals surface area (Å²) in [6.07, 6.45) is 0. The summed E-state index contributed by atoms with van der Waals surface area (Å²) in [5.41, 5.74) is 0.901. The minimum absolute atomic E-state index is 0.0127. The Morgan fingerprint density at radius 3 is 2.09 bits per heavy atom. The van der Waals surface area contributed by atoms with Gasteiger partial charge in [-0.25, -0.2) is 0 Å². The number of rotatable bonds is 6. The summed E-state index contributed by atoms with van der Waals surface area (Å²) in [4.78, 5) is 24.5. The van der Waals surface area contributed by atoms with Crippen molar-refractivity contribution in [2.24, 2.45) is 0 Å². The molecule has 0 atom stereocenters. The number of ether oxygens (including phenoxy) is 1. The normalized spacial score (nSPS) is 10.9. The van der Waals surface area contributed by atoms with Gasteiger partial charge in [-0.15, -0.1) is 0 Å². The number of halogens is 2. The molecular formula is C18H16F2O3. The van der Waals surface area contributed by atoms with Gasteiger partial charge in [0.05, 0.1) is 0 Å². The largest absolute Gasteiger partial charge is 0.435 e. The van der Waals surface area contributed by atoms with Crippen LogP contribution >= 0.6 is 0 Å². The molecule has 0 amide bonds. The van der Waals surface area contributed by atoms with E-state index in [1.54, 1.807) is 44.2 Å². The molecule has 0 unspecified atom stereocenters.